The molecule has 4 rings (SSSR count). The van der Waals surface area contributed by atoms with E-state index in [9.17, 15) is 8.42 Å². The van der Waals surface area contributed by atoms with Gasteiger partial charge in [0, 0.05) is 49.2 Å². The van der Waals surface area contributed by atoms with Crippen LogP contribution in [0.2, 0.25) is 0 Å². The molecule has 0 bridgehead atoms. The molecule has 1 fully saturated rings. The number of hydrogen-bond acceptors (Lipinski definition) is 6. The maximum Gasteiger partial charge on any atom is 0.242 e. The van der Waals surface area contributed by atoms with E-state index in [-0.39, 0.29) is 4.90 Å². The lowest BCUT2D eigenvalue weighted by Crippen LogP contribution is -2.32. The van der Waals surface area contributed by atoms with Gasteiger partial charge in [0.2, 0.25) is 10.0 Å². The largest absolute Gasteiger partial charge is 0.382 e. The number of rotatable bonds is 7. The lowest BCUT2D eigenvalue weighted by atomic mass is 9.91. The standard InChI is InChI=1S/C24H34N6O2S/c1-16(2)22-15-26-30-23(22)13-20(27-18-7-5-17(25)6-8-18)14-24(30)28-19-9-11-21(12-10-19)33(31,32)29(3)4/h9-18,27-28H,5-8,25H2,1-4H3. The van der Waals surface area contributed by atoms with E-state index in [2.05, 4.69) is 41.7 Å². The number of nitrogens with zero attached hydrogens (tertiary/aromatic N) is 3. The highest BCUT2D eigenvalue weighted by Gasteiger charge is 2.20. The van der Waals surface area contributed by atoms with Gasteiger partial charge in [-0.15, -0.1) is 0 Å². The van der Waals surface area contributed by atoms with E-state index in [0.717, 1.165) is 48.4 Å². The lowest BCUT2D eigenvalue weighted by Gasteiger charge is -2.28. The van der Waals surface area contributed by atoms with Crippen LogP contribution in [0.15, 0.2) is 47.5 Å². The molecule has 178 valence electrons. The molecular weight excluding hydrogens is 436 g/mol. The number of hydrogen-bond donors (Lipinski definition) is 3. The van der Waals surface area contributed by atoms with Crippen molar-refractivity contribution in [3.8, 4) is 0 Å². The highest BCUT2D eigenvalue weighted by molar-refractivity contribution is 7.89. The Morgan fingerprint density at radius 3 is 2.33 bits per heavy atom. The van der Waals surface area contributed by atoms with Gasteiger partial charge in [-0.1, -0.05) is 13.8 Å². The van der Waals surface area contributed by atoms with Crippen molar-refractivity contribution in [2.24, 2.45) is 5.73 Å². The second-order valence-corrected chi connectivity index (χ2v) is 11.5. The first kappa shape index (κ1) is 23.5. The molecule has 33 heavy (non-hydrogen) atoms. The zero-order valence-electron chi connectivity index (χ0n) is 19.7. The van der Waals surface area contributed by atoms with E-state index in [4.69, 9.17) is 5.73 Å². The predicted octanol–water partition coefficient (Wildman–Crippen LogP) is 4.13. The third-order valence-corrected chi connectivity index (χ3v) is 8.15. The number of anilines is 3. The summed E-state index contributed by atoms with van der Waals surface area (Å²) in [5, 5.41) is 11.7. The molecule has 0 amide bonds. The van der Waals surface area contributed by atoms with E-state index >= 15 is 0 Å². The molecule has 2 heterocycles. The maximum atomic E-state index is 12.4. The Hall–Kier alpha value is -2.62. The van der Waals surface area contributed by atoms with Gasteiger partial charge < -0.3 is 16.4 Å². The van der Waals surface area contributed by atoms with Gasteiger partial charge in [0.05, 0.1) is 16.6 Å². The van der Waals surface area contributed by atoms with Crippen molar-refractivity contribution in [1.29, 1.82) is 0 Å². The fourth-order valence-corrected chi connectivity index (χ4v) is 5.19. The van der Waals surface area contributed by atoms with Gasteiger partial charge >= 0.3 is 0 Å². The van der Waals surface area contributed by atoms with E-state index in [1.807, 2.05) is 10.7 Å². The number of fused-ring (bicyclic) bond motifs is 1. The van der Waals surface area contributed by atoms with Crippen LogP contribution < -0.4 is 16.4 Å². The highest BCUT2D eigenvalue weighted by atomic mass is 32.2. The summed E-state index contributed by atoms with van der Waals surface area (Å²) < 4.78 is 27.9. The van der Waals surface area contributed by atoms with Gasteiger partial charge in [-0.2, -0.15) is 5.10 Å². The first-order valence-corrected chi connectivity index (χ1v) is 12.9. The number of aromatic nitrogens is 2. The molecule has 1 saturated carbocycles. The van der Waals surface area contributed by atoms with Gasteiger partial charge in [-0.05, 0) is 61.9 Å². The highest BCUT2D eigenvalue weighted by Crippen LogP contribution is 2.30. The van der Waals surface area contributed by atoms with Crippen LogP contribution in [0.1, 0.15) is 51.0 Å². The van der Waals surface area contributed by atoms with Crippen LogP contribution in [0.3, 0.4) is 0 Å². The van der Waals surface area contributed by atoms with Crippen LogP contribution in [0, 0.1) is 0 Å². The molecule has 0 aliphatic heterocycles. The first-order valence-electron chi connectivity index (χ1n) is 11.5. The van der Waals surface area contributed by atoms with Crippen molar-refractivity contribution in [1.82, 2.24) is 13.9 Å². The molecule has 3 aromatic rings. The van der Waals surface area contributed by atoms with Gasteiger partial charge in [-0.3, -0.25) is 0 Å². The zero-order valence-corrected chi connectivity index (χ0v) is 20.6. The zero-order chi connectivity index (χ0) is 23.8. The van der Waals surface area contributed by atoms with Crippen LogP contribution in [0.5, 0.6) is 0 Å². The summed E-state index contributed by atoms with van der Waals surface area (Å²) in [6, 6.07) is 11.7. The van der Waals surface area contributed by atoms with Crippen LogP contribution >= 0.6 is 0 Å². The summed E-state index contributed by atoms with van der Waals surface area (Å²) in [5.41, 5.74) is 10.1. The van der Waals surface area contributed by atoms with Crippen LogP contribution in [-0.2, 0) is 10.0 Å². The summed E-state index contributed by atoms with van der Waals surface area (Å²) in [5.74, 6) is 1.16. The summed E-state index contributed by atoms with van der Waals surface area (Å²) in [7, 11) is -0.408. The molecule has 2 aromatic heterocycles. The number of nitrogens with one attached hydrogen (secondary N) is 2. The minimum absolute atomic E-state index is 0.260. The maximum absolute atomic E-state index is 12.4. The number of nitrogens with two attached hydrogens (primary N) is 1. The third-order valence-electron chi connectivity index (χ3n) is 6.32. The van der Waals surface area contributed by atoms with Crippen molar-refractivity contribution in [2.45, 2.75) is 62.4 Å². The topological polar surface area (TPSA) is 105 Å². The van der Waals surface area contributed by atoms with Crippen molar-refractivity contribution < 1.29 is 8.42 Å². The fourth-order valence-electron chi connectivity index (χ4n) is 4.29. The number of pyridine rings is 1. The average molecular weight is 471 g/mol. The Morgan fingerprint density at radius 1 is 1.06 bits per heavy atom. The van der Waals surface area contributed by atoms with Gasteiger partial charge in [0.1, 0.15) is 5.82 Å². The third kappa shape index (κ3) is 5.00. The van der Waals surface area contributed by atoms with Gasteiger partial charge in [0.25, 0.3) is 0 Å². The second kappa shape index (κ2) is 9.32. The average Bonchev–Trinajstić information content (AvgIpc) is 3.20. The predicted molar refractivity (Wildman–Crippen MR) is 134 cm³/mol. The van der Waals surface area contributed by atoms with Crippen molar-refractivity contribution in [2.75, 3.05) is 24.7 Å². The Labute approximate surface area is 196 Å². The van der Waals surface area contributed by atoms with E-state index < -0.39 is 10.0 Å². The van der Waals surface area contributed by atoms with Crippen LogP contribution in [-0.4, -0.2) is 48.5 Å². The molecule has 0 saturated heterocycles. The summed E-state index contributed by atoms with van der Waals surface area (Å²) >= 11 is 0. The van der Waals surface area contributed by atoms with Crippen LogP contribution in [0.25, 0.3) is 5.52 Å². The van der Waals surface area contributed by atoms with Crippen molar-refractivity contribution in [3.63, 3.8) is 0 Å². The van der Waals surface area contributed by atoms with Crippen LogP contribution in [0.4, 0.5) is 17.2 Å². The van der Waals surface area contributed by atoms with E-state index in [1.54, 1.807) is 24.3 Å². The Bertz CT molecular complexity index is 1210. The fraction of sp³-hybridized carbons (Fsp3) is 0.458. The molecule has 1 aromatic carbocycles. The minimum Gasteiger partial charge on any atom is -0.382 e. The van der Waals surface area contributed by atoms with E-state index in [1.165, 1.54) is 24.0 Å². The Morgan fingerprint density at radius 2 is 1.73 bits per heavy atom. The Kier molecular flexibility index (Phi) is 6.65. The molecule has 9 heteroatoms. The smallest absolute Gasteiger partial charge is 0.242 e. The molecule has 0 spiro atoms. The summed E-state index contributed by atoms with van der Waals surface area (Å²) in [6.45, 7) is 4.33. The quantitative estimate of drug-likeness (QED) is 0.479. The molecule has 0 radical (unpaired) electrons. The number of sulfonamides is 1. The monoisotopic (exact) mass is 470 g/mol. The minimum atomic E-state index is -3.47. The second-order valence-electron chi connectivity index (χ2n) is 9.37. The molecule has 4 N–H and O–H groups in total. The van der Waals surface area contributed by atoms with Gasteiger partial charge in [-0.25, -0.2) is 17.2 Å². The van der Waals surface area contributed by atoms with Crippen molar-refractivity contribution in [3.05, 3.63) is 48.2 Å². The van der Waals surface area contributed by atoms with Crippen molar-refractivity contribution >= 4 is 32.7 Å². The molecular formula is C24H34N6O2S. The summed E-state index contributed by atoms with van der Waals surface area (Å²) in [4.78, 5) is 0.260. The molecule has 1 aliphatic rings. The summed E-state index contributed by atoms with van der Waals surface area (Å²) in [6.07, 6.45) is 6.12. The number of benzene rings is 1. The molecule has 0 atom stereocenters. The molecule has 1 aliphatic carbocycles. The normalized spacial score (nSPS) is 19.4. The van der Waals surface area contributed by atoms with E-state index in [0.29, 0.717) is 18.0 Å². The first-order chi connectivity index (χ1) is 15.6. The van der Waals surface area contributed by atoms with Gasteiger partial charge in [0.15, 0.2) is 0 Å². The SMILES string of the molecule is CC(C)c1cnn2c(Nc3ccc(S(=O)(=O)N(C)C)cc3)cc(NC3CCC(N)CC3)cc12. The lowest BCUT2D eigenvalue weighted by molar-refractivity contribution is 0.411. The Balaban J connectivity index is 1.66. The molecule has 8 nitrogen and oxygen atoms in total. The molecule has 0 unspecified atom stereocenters.